The van der Waals surface area contributed by atoms with Crippen molar-refractivity contribution in [3.63, 3.8) is 0 Å². The topological polar surface area (TPSA) is 6.25 Å². The van der Waals surface area contributed by atoms with E-state index in [0.29, 0.717) is 24.9 Å². The lowest BCUT2D eigenvalue weighted by Gasteiger charge is -2.18. The highest BCUT2D eigenvalue weighted by Crippen LogP contribution is 2.38. The van der Waals surface area contributed by atoms with Gasteiger partial charge in [-0.3, -0.25) is 0 Å². The van der Waals surface area contributed by atoms with Crippen LogP contribution in [0.3, 0.4) is 0 Å². The Kier molecular flexibility index (Phi) is 5.31. The lowest BCUT2D eigenvalue weighted by Crippen LogP contribution is -2.22. The van der Waals surface area contributed by atoms with Crippen LogP contribution in [0.1, 0.15) is 56.2 Å². The summed E-state index contributed by atoms with van der Waals surface area (Å²) in [6.45, 7) is 9.78. The van der Waals surface area contributed by atoms with Gasteiger partial charge in [0, 0.05) is 11.1 Å². The van der Waals surface area contributed by atoms with E-state index in [1.165, 1.54) is 17.2 Å². The molecule has 0 radical (unpaired) electrons. The molecule has 1 aliphatic heterocycles. The minimum Gasteiger partial charge on any atom is -0.229 e. The van der Waals surface area contributed by atoms with Crippen molar-refractivity contribution >= 4 is 17.7 Å². The van der Waals surface area contributed by atoms with Crippen LogP contribution in [0.2, 0.25) is 0 Å². The average Bonchev–Trinajstić information content (AvgIpc) is 3.09. The van der Waals surface area contributed by atoms with Gasteiger partial charge in [-0.15, -0.1) is 0 Å². The fraction of sp³-hybridized carbons (Fsp3) is 0.409. The summed E-state index contributed by atoms with van der Waals surface area (Å²) in [5.41, 5.74) is 3.20. The van der Waals surface area contributed by atoms with Crippen molar-refractivity contribution in [1.29, 1.82) is 0 Å². The van der Waals surface area contributed by atoms with Crippen LogP contribution in [0.5, 0.6) is 0 Å². The highest BCUT2D eigenvalue weighted by molar-refractivity contribution is 5.80. The Bertz CT molecular complexity index is 825. The van der Waals surface area contributed by atoms with Gasteiger partial charge < -0.3 is 0 Å². The number of alkyl halides is 3. The van der Waals surface area contributed by atoms with E-state index in [9.17, 15) is 13.2 Å². The maximum atomic E-state index is 13.4. The van der Waals surface area contributed by atoms with Crippen LogP contribution in [0.4, 0.5) is 24.5 Å². The van der Waals surface area contributed by atoms with E-state index < -0.39 is 11.7 Å². The first kappa shape index (κ1) is 19.5. The number of halogens is 3. The SMILES string of the molecule is CC(C)c1cccc(C(C)C)c1[N+]1=CN(c2ccccc2C(F)(F)F)CC1. The zero-order valence-electron chi connectivity index (χ0n) is 16.2. The summed E-state index contributed by atoms with van der Waals surface area (Å²) in [4.78, 5) is 1.71. The molecular weight excluding hydrogens is 349 g/mol. The summed E-state index contributed by atoms with van der Waals surface area (Å²) in [6.07, 6.45) is -2.53. The molecule has 0 saturated carbocycles. The van der Waals surface area contributed by atoms with Crippen molar-refractivity contribution < 1.29 is 17.7 Å². The number of benzene rings is 2. The van der Waals surface area contributed by atoms with Crippen molar-refractivity contribution in [3.05, 3.63) is 59.2 Å². The van der Waals surface area contributed by atoms with E-state index in [4.69, 9.17) is 0 Å². The van der Waals surface area contributed by atoms with Crippen LogP contribution >= 0.6 is 0 Å². The van der Waals surface area contributed by atoms with E-state index >= 15 is 0 Å². The normalized spacial score (nSPS) is 15.0. The Morgan fingerprint density at radius 3 is 2.04 bits per heavy atom. The minimum atomic E-state index is -4.36. The molecule has 0 fully saturated rings. The van der Waals surface area contributed by atoms with Gasteiger partial charge in [-0.05, 0) is 24.0 Å². The summed E-state index contributed by atoms with van der Waals surface area (Å²) >= 11 is 0. The highest BCUT2D eigenvalue weighted by atomic mass is 19.4. The molecule has 1 aliphatic rings. The molecule has 0 spiro atoms. The molecule has 0 amide bonds. The molecule has 0 unspecified atom stereocenters. The molecule has 5 heteroatoms. The first-order chi connectivity index (χ1) is 12.7. The van der Waals surface area contributed by atoms with E-state index in [1.807, 2.05) is 6.34 Å². The number of anilines is 1. The largest absolute Gasteiger partial charge is 0.420 e. The van der Waals surface area contributed by atoms with Gasteiger partial charge in [0.05, 0.1) is 0 Å². The Morgan fingerprint density at radius 2 is 1.48 bits per heavy atom. The molecule has 0 atom stereocenters. The predicted molar refractivity (Wildman–Crippen MR) is 104 cm³/mol. The first-order valence-electron chi connectivity index (χ1n) is 9.37. The van der Waals surface area contributed by atoms with Crippen LogP contribution in [0.15, 0.2) is 42.5 Å². The van der Waals surface area contributed by atoms with Gasteiger partial charge in [-0.1, -0.05) is 58.0 Å². The van der Waals surface area contributed by atoms with Crippen LogP contribution < -0.4 is 4.90 Å². The fourth-order valence-electron chi connectivity index (χ4n) is 3.66. The summed E-state index contributed by atoms with van der Waals surface area (Å²) in [5.74, 6) is 0.673. The molecule has 0 N–H and O–H groups in total. The third-order valence-electron chi connectivity index (χ3n) is 5.01. The van der Waals surface area contributed by atoms with Gasteiger partial charge in [0.15, 0.2) is 0 Å². The third-order valence-corrected chi connectivity index (χ3v) is 5.01. The molecule has 2 aromatic rings. The lowest BCUT2D eigenvalue weighted by atomic mass is 9.92. The number of nitrogens with zero attached hydrogens (tertiary/aromatic N) is 2. The highest BCUT2D eigenvalue weighted by Gasteiger charge is 2.38. The lowest BCUT2D eigenvalue weighted by molar-refractivity contribution is -0.425. The van der Waals surface area contributed by atoms with Gasteiger partial charge >= 0.3 is 6.18 Å². The summed E-state index contributed by atoms with van der Waals surface area (Å²) in [6, 6.07) is 12.1. The molecule has 1 heterocycles. The van der Waals surface area contributed by atoms with Gasteiger partial charge in [-0.25, -0.2) is 9.48 Å². The number of hydrogen-bond acceptors (Lipinski definition) is 1. The molecule has 0 saturated heterocycles. The Labute approximate surface area is 158 Å². The van der Waals surface area contributed by atoms with Crippen molar-refractivity contribution in [2.24, 2.45) is 0 Å². The van der Waals surface area contributed by atoms with Crippen molar-refractivity contribution in [3.8, 4) is 0 Å². The molecule has 2 nitrogen and oxygen atoms in total. The van der Waals surface area contributed by atoms with Gasteiger partial charge in [0.1, 0.15) is 30.0 Å². The monoisotopic (exact) mass is 375 g/mol. The molecule has 0 bridgehead atoms. The van der Waals surface area contributed by atoms with E-state index in [1.54, 1.807) is 17.0 Å². The summed E-state index contributed by atoms with van der Waals surface area (Å²) in [7, 11) is 0. The average molecular weight is 375 g/mol. The summed E-state index contributed by atoms with van der Waals surface area (Å²) < 4.78 is 42.3. The first-order valence-corrected chi connectivity index (χ1v) is 9.37. The van der Waals surface area contributed by atoms with Crippen molar-refractivity contribution in [2.75, 3.05) is 18.0 Å². The number of para-hydroxylation sites is 2. The number of rotatable bonds is 4. The maximum Gasteiger partial charge on any atom is 0.420 e. The number of hydrogen-bond donors (Lipinski definition) is 0. The Hall–Kier alpha value is -2.30. The molecule has 27 heavy (non-hydrogen) atoms. The van der Waals surface area contributed by atoms with Crippen LogP contribution in [0, 0.1) is 0 Å². The molecule has 0 aliphatic carbocycles. The Morgan fingerprint density at radius 1 is 0.889 bits per heavy atom. The zero-order valence-corrected chi connectivity index (χ0v) is 16.2. The van der Waals surface area contributed by atoms with Crippen LogP contribution in [-0.2, 0) is 6.18 Å². The summed E-state index contributed by atoms with van der Waals surface area (Å²) in [5, 5.41) is 0. The Balaban J connectivity index is 2.08. The van der Waals surface area contributed by atoms with Crippen LogP contribution in [0.25, 0.3) is 0 Å². The minimum absolute atomic E-state index is 0.209. The molecule has 2 aromatic carbocycles. The second kappa shape index (κ2) is 7.37. The molecule has 3 rings (SSSR count). The van der Waals surface area contributed by atoms with E-state index in [0.717, 1.165) is 11.8 Å². The second-order valence-corrected chi connectivity index (χ2v) is 7.61. The molecular formula is C22H26F3N2+. The predicted octanol–water partition coefficient (Wildman–Crippen LogP) is 6.14. The van der Waals surface area contributed by atoms with Crippen molar-refractivity contribution in [1.82, 2.24) is 0 Å². The van der Waals surface area contributed by atoms with Crippen LogP contribution in [-0.4, -0.2) is 24.0 Å². The standard InChI is InChI=1S/C22H26F3N2/c1-15(2)17-8-7-9-18(16(3)4)21(17)27-13-12-26(14-27)20-11-6-5-10-19(20)22(23,24)25/h5-11,14-16H,12-13H2,1-4H3/q+1. The molecule has 144 valence electrons. The third kappa shape index (κ3) is 3.87. The van der Waals surface area contributed by atoms with Gasteiger partial charge in [0.2, 0.25) is 6.34 Å². The quantitative estimate of drug-likeness (QED) is 0.581. The van der Waals surface area contributed by atoms with Crippen molar-refractivity contribution in [2.45, 2.75) is 45.7 Å². The second-order valence-electron chi connectivity index (χ2n) is 7.61. The maximum absolute atomic E-state index is 13.4. The molecule has 0 aromatic heterocycles. The van der Waals surface area contributed by atoms with Gasteiger partial charge in [-0.2, -0.15) is 13.2 Å². The van der Waals surface area contributed by atoms with E-state index in [2.05, 4.69) is 50.5 Å². The van der Waals surface area contributed by atoms with E-state index in [-0.39, 0.29) is 5.69 Å². The zero-order chi connectivity index (χ0) is 19.8. The fourth-order valence-corrected chi connectivity index (χ4v) is 3.66. The van der Waals surface area contributed by atoms with Gasteiger partial charge in [0.25, 0.3) is 0 Å². The smallest absolute Gasteiger partial charge is 0.229 e.